The van der Waals surface area contributed by atoms with Crippen LogP contribution in [0.3, 0.4) is 0 Å². The predicted molar refractivity (Wildman–Crippen MR) is 79.8 cm³/mol. The first-order valence-corrected chi connectivity index (χ1v) is 5.33. The van der Waals surface area contributed by atoms with Gasteiger partial charge in [-0.1, -0.05) is 0 Å². The van der Waals surface area contributed by atoms with Gasteiger partial charge in [-0.05, 0) is 18.7 Å². The fourth-order valence-corrected chi connectivity index (χ4v) is 2.04. The normalized spacial score (nSPS) is 8.53. The van der Waals surface area contributed by atoms with Gasteiger partial charge in [-0.25, -0.2) is 4.98 Å². The Bertz CT molecular complexity index is 408. The first kappa shape index (κ1) is 19.0. The number of hydrogen-bond donors (Lipinski definition) is 1. The summed E-state index contributed by atoms with van der Waals surface area (Å²) in [5.41, 5.74) is 7.60. The Labute approximate surface area is 123 Å². The van der Waals surface area contributed by atoms with E-state index in [4.69, 9.17) is 5.73 Å². The van der Waals surface area contributed by atoms with Crippen LogP contribution in [0.25, 0.3) is 10.6 Å². The van der Waals surface area contributed by atoms with E-state index in [1.54, 1.807) is 17.5 Å². The van der Waals surface area contributed by atoms with Crippen molar-refractivity contribution >= 4 is 48.6 Å². The molecule has 0 spiro atoms. The smallest absolute Gasteiger partial charge is 0.125 e. The van der Waals surface area contributed by atoms with Crippen molar-refractivity contribution in [3.05, 3.63) is 35.6 Å². The van der Waals surface area contributed by atoms with Crippen LogP contribution >= 0.6 is 48.6 Å². The number of halogens is 3. The molecule has 96 valence electrons. The molecule has 0 bridgehead atoms. The van der Waals surface area contributed by atoms with E-state index in [0.29, 0.717) is 6.54 Å². The molecule has 0 radical (unpaired) electrons. The van der Waals surface area contributed by atoms with Crippen LogP contribution < -0.4 is 5.73 Å². The maximum atomic E-state index is 5.46. The summed E-state index contributed by atoms with van der Waals surface area (Å²) < 4.78 is 0. The summed E-state index contributed by atoms with van der Waals surface area (Å²) in [6, 6.07) is 3.93. The Hall–Kier alpha value is -0.390. The number of nitrogens with two attached hydrogens (primary N) is 1. The molecular formula is C10H14Cl3N3S. The van der Waals surface area contributed by atoms with E-state index in [1.165, 1.54) is 0 Å². The van der Waals surface area contributed by atoms with Gasteiger partial charge in [0.25, 0.3) is 0 Å². The van der Waals surface area contributed by atoms with Crippen molar-refractivity contribution in [3.63, 3.8) is 0 Å². The highest BCUT2D eigenvalue weighted by atomic mass is 35.5. The van der Waals surface area contributed by atoms with Crippen molar-refractivity contribution in [1.82, 2.24) is 9.97 Å². The van der Waals surface area contributed by atoms with E-state index in [0.717, 1.165) is 22.7 Å². The summed E-state index contributed by atoms with van der Waals surface area (Å²) in [5.74, 6) is 0. The van der Waals surface area contributed by atoms with Gasteiger partial charge in [-0.2, -0.15) is 0 Å². The number of hydrogen-bond acceptors (Lipinski definition) is 4. The lowest BCUT2D eigenvalue weighted by Gasteiger charge is -1.93. The highest BCUT2D eigenvalue weighted by Crippen LogP contribution is 2.22. The molecule has 0 aromatic carbocycles. The van der Waals surface area contributed by atoms with Crippen molar-refractivity contribution < 1.29 is 0 Å². The van der Waals surface area contributed by atoms with Gasteiger partial charge in [-0.15, -0.1) is 48.6 Å². The quantitative estimate of drug-likeness (QED) is 0.947. The summed E-state index contributed by atoms with van der Waals surface area (Å²) in [6.07, 6.45) is 4.43. The topological polar surface area (TPSA) is 51.8 Å². The third-order valence-electron chi connectivity index (χ3n) is 1.86. The van der Waals surface area contributed by atoms with E-state index in [9.17, 15) is 0 Å². The zero-order valence-electron chi connectivity index (χ0n) is 8.91. The first-order valence-electron chi connectivity index (χ1n) is 4.45. The second kappa shape index (κ2) is 9.62. The van der Waals surface area contributed by atoms with Crippen LogP contribution in [0.5, 0.6) is 0 Å². The standard InChI is InChI=1S/C10H11N3S.3ClH/c11-4-3-9-7-14-10(13-9)8-2-1-5-12-6-8;;;/h1-2,5-7H,3-4,11H2;3*1H. The molecule has 0 aliphatic carbocycles. The summed E-state index contributed by atoms with van der Waals surface area (Å²) in [6.45, 7) is 0.649. The van der Waals surface area contributed by atoms with E-state index in [-0.39, 0.29) is 37.2 Å². The second-order valence-corrected chi connectivity index (χ2v) is 3.78. The molecule has 2 rings (SSSR count). The summed E-state index contributed by atoms with van der Waals surface area (Å²) in [5, 5.41) is 3.07. The Kier molecular flexibility index (Phi) is 10.7. The van der Waals surface area contributed by atoms with E-state index >= 15 is 0 Å². The lowest BCUT2D eigenvalue weighted by atomic mass is 10.3. The summed E-state index contributed by atoms with van der Waals surface area (Å²) >= 11 is 1.64. The Morgan fingerprint density at radius 3 is 2.59 bits per heavy atom. The minimum atomic E-state index is 0. The van der Waals surface area contributed by atoms with Crippen LogP contribution in [-0.2, 0) is 6.42 Å². The molecule has 0 unspecified atom stereocenters. The summed E-state index contributed by atoms with van der Waals surface area (Å²) in [4.78, 5) is 8.53. The Balaban J connectivity index is 0. The van der Waals surface area contributed by atoms with E-state index in [1.807, 2.05) is 18.3 Å². The third-order valence-corrected chi connectivity index (χ3v) is 2.80. The molecule has 0 aliphatic rings. The maximum Gasteiger partial charge on any atom is 0.125 e. The molecule has 0 saturated carbocycles. The van der Waals surface area contributed by atoms with E-state index in [2.05, 4.69) is 15.3 Å². The highest BCUT2D eigenvalue weighted by molar-refractivity contribution is 7.13. The molecule has 7 heteroatoms. The Morgan fingerprint density at radius 1 is 1.24 bits per heavy atom. The zero-order chi connectivity index (χ0) is 9.80. The lowest BCUT2D eigenvalue weighted by Crippen LogP contribution is -2.02. The molecule has 0 aliphatic heterocycles. The van der Waals surface area contributed by atoms with Crippen molar-refractivity contribution in [1.29, 1.82) is 0 Å². The van der Waals surface area contributed by atoms with Gasteiger partial charge >= 0.3 is 0 Å². The Morgan fingerprint density at radius 2 is 2.00 bits per heavy atom. The van der Waals surface area contributed by atoms with Crippen LogP contribution in [0.4, 0.5) is 0 Å². The van der Waals surface area contributed by atoms with Crippen molar-refractivity contribution in [2.75, 3.05) is 6.54 Å². The largest absolute Gasteiger partial charge is 0.330 e. The van der Waals surface area contributed by atoms with Crippen LogP contribution in [0.2, 0.25) is 0 Å². The van der Waals surface area contributed by atoms with Crippen LogP contribution in [0.1, 0.15) is 5.69 Å². The van der Waals surface area contributed by atoms with E-state index < -0.39 is 0 Å². The average Bonchev–Trinajstić information content (AvgIpc) is 2.68. The number of pyridine rings is 1. The SMILES string of the molecule is Cl.Cl.Cl.NCCc1csc(-c2cccnc2)n1. The van der Waals surface area contributed by atoms with Crippen molar-refractivity contribution in [2.45, 2.75) is 6.42 Å². The molecule has 2 heterocycles. The number of nitrogens with zero attached hydrogens (tertiary/aromatic N) is 2. The first-order chi connectivity index (χ1) is 6.90. The molecule has 0 atom stereocenters. The van der Waals surface area contributed by atoms with Crippen molar-refractivity contribution in [2.24, 2.45) is 5.73 Å². The fraction of sp³-hybridized carbons (Fsp3) is 0.200. The van der Waals surface area contributed by atoms with Gasteiger partial charge in [0.05, 0.1) is 5.69 Å². The van der Waals surface area contributed by atoms with Crippen molar-refractivity contribution in [3.8, 4) is 10.6 Å². The monoisotopic (exact) mass is 313 g/mol. The molecule has 17 heavy (non-hydrogen) atoms. The molecule has 2 aromatic heterocycles. The molecule has 2 aromatic rings. The molecular weight excluding hydrogens is 301 g/mol. The summed E-state index contributed by atoms with van der Waals surface area (Å²) in [7, 11) is 0. The zero-order valence-corrected chi connectivity index (χ0v) is 12.2. The van der Waals surface area contributed by atoms with Crippen LogP contribution in [-0.4, -0.2) is 16.5 Å². The maximum absolute atomic E-state index is 5.46. The lowest BCUT2D eigenvalue weighted by molar-refractivity contribution is 0.936. The minimum Gasteiger partial charge on any atom is -0.330 e. The number of thiazole rings is 1. The molecule has 2 N–H and O–H groups in total. The van der Waals surface area contributed by atoms with Gasteiger partial charge in [0, 0.05) is 29.8 Å². The van der Waals surface area contributed by atoms with Gasteiger partial charge in [0.1, 0.15) is 5.01 Å². The van der Waals surface area contributed by atoms with Gasteiger partial charge < -0.3 is 5.73 Å². The average molecular weight is 315 g/mol. The van der Waals surface area contributed by atoms with Crippen LogP contribution in [0.15, 0.2) is 29.9 Å². The van der Waals surface area contributed by atoms with Gasteiger partial charge in [0.15, 0.2) is 0 Å². The number of aromatic nitrogens is 2. The molecule has 0 saturated heterocycles. The highest BCUT2D eigenvalue weighted by Gasteiger charge is 2.03. The second-order valence-electron chi connectivity index (χ2n) is 2.92. The van der Waals surface area contributed by atoms with Gasteiger partial charge in [0.2, 0.25) is 0 Å². The molecule has 0 fully saturated rings. The molecule has 3 nitrogen and oxygen atoms in total. The number of rotatable bonds is 3. The van der Waals surface area contributed by atoms with Gasteiger partial charge in [-0.3, -0.25) is 4.98 Å². The molecule has 0 amide bonds. The van der Waals surface area contributed by atoms with Crippen LogP contribution in [0, 0.1) is 0 Å². The third kappa shape index (κ3) is 5.19. The predicted octanol–water partition coefficient (Wildman–Crippen LogP) is 2.97. The minimum absolute atomic E-state index is 0. The fourth-order valence-electron chi connectivity index (χ4n) is 1.19.